The summed E-state index contributed by atoms with van der Waals surface area (Å²) in [6.45, 7) is 8.09. The second-order valence-electron chi connectivity index (χ2n) is 5.32. The Morgan fingerprint density at radius 3 is 2.22 bits per heavy atom. The Labute approximate surface area is 110 Å². The molecule has 1 rings (SSSR count). The lowest BCUT2D eigenvalue weighted by Crippen LogP contribution is -2.07. The number of hydrogen-bond acceptors (Lipinski definition) is 3. The Bertz CT molecular complexity index is 505. The first-order valence-corrected chi connectivity index (χ1v) is 7.25. The van der Waals surface area contributed by atoms with Gasteiger partial charge in [-0.25, -0.2) is 0 Å². The summed E-state index contributed by atoms with van der Waals surface area (Å²) in [5.41, 5.74) is 1.04. The van der Waals surface area contributed by atoms with E-state index < -0.39 is 10.1 Å². The lowest BCUT2D eigenvalue weighted by molar-refractivity contribution is 0.355. The van der Waals surface area contributed by atoms with Crippen LogP contribution in [0.5, 0.6) is 0 Å². The van der Waals surface area contributed by atoms with E-state index in [2.05, 4.69) is 0 Å². The molecule has 0 fully saturated rings. The van der Waals surface area contributed by atoms with Gasteiger partial charge in [-0.2, -0.15) is 8.42 Å². The van der Waals surface area contributed by atoms with Crippen LogP contribution >= 0.6 is 0 Å². The fourth-order valence-electron chi connectivity index (χ4n) is 1.30. The SMILES string of the molecule is Cc1ccc(S(=O)(=O)OC/C=C/C(C)(C)C)cc1. The molecule has 0 aliphatic rings. The Balaban J connectivity index is 2.66. The molecule has 0 amide bonds. The molecule has 0 saturated carbocycles. The molecule has 1 aromatic rings. The van der Waals surface area contributed by atoms with Crippen molar-refractivity contribution in [3.63, 3.8) is 0 Å². The average Bonchev–Trinajstić information content (AvgIpc) is 2.24. The highest BCUT2D eigenvalue weighted by molar-refractivity contribution is 7.86. The molecule has 100 valence electrons. The highest BCUT2D eigenvalue weighted by Crippen LogP contribution is 2.16. The van der Waals surface area contributed by atoms with Crippen LogP contribution in [0.2, 0.25) is 0 Å². The maximum absolute atomic E-state index is 11.8. The Kier molecular flexibility index (Phi) is 4.71. The molecule has 3 nitrogen and oxygen atoms in total. The van der Waals surface area contributed by atoms with Crippen molar-refractivity contribution in [3.05, 3.63) is 42.0 Å². The standard InChI is InChI=1S/C14H20O3S/c1-12-6-8-13(9-7-12)18(15,16)17-11-5-10-14(2,3)4/h5-10H,11H2,1-4H3/b10-5+. The Hall–Kier alpha value is -1.13. The predicted octanol–water partition coefficient (Wildman–Crippen LogP) is 3.30. The molecule has 0 bridgehead atoms. The number of allylic oxidation sites excluding steroid dienone is 1. The largest absolute Gasteiger partial charge is 0.297 e. The summed E-state index contributed by atoms with van der Waals surface area (Å²) in [5, 5.41) is 0. The van der Waals surface area contributed by atoms with Gasteiger partial charge in [0.1, 0.15) is 0 Å². The van der Waals surface area contributed by atoms with Crippen molar-refractivity contribution in [1.82, 2.24) is 0 Å². The maximum Gasteiger partial charge on any atom is 0.297 e. The van der Waals surface area contributed by atoms with Crippen LogP contribution in [-0.2, 0) is 14.3 Å². The summed E-state index contributed by atoms with van der Waals surface area (Å²) in [5.74, 6) is 0. The fourth-order valence-corrected chi connectivity index (χ4v) is 2.17. The zero-order valence-corrected chi connectivity index (χ0v) is 12.1. The number of aryl methyl sites for hydroxylation is 1. The molecule has 0 saturated heterocycles. The minimum atomic E-state index is -3.65. The van der Waals surface area contributed by atoms with E-state index in [4.69, 9.17) is 4.18 Å². The highest BCUT2D eigenvalue weighted by Gasteiger charge is 2.13. The van der Waals surface area contributed by atoms with Crippen molar-refractivity contribution < 1.29 is 12.6 Å². The monoisotopic (exact) mass is 268 g/mol. The minimum absolute atomic E-state index is 0.0248. The first-order valence-electron chi connectivity index (χ1n) is 5.84. The summed E-state index contributed by atoms with van der Waals surface area (Å²) in [6.07, 6.45) is 3.66. The van der Waals surface area contributed by atoms with Crippen molar-refractivity contribution in [1.29, 1.82) is 0 Å². The molecule has 0 aromatic heterocycles. The number of benzene rings is 1. The number of rotatable bonds is 4. The fraction of sp³-hybridized carbons (Fsp3) is 0.429. The molecule has 0 aliphatic heterocycles. The quantitative estimate of drug-likeness (QED) is 0.621. The van der Waals surface area contributed by atoms with Gasteiger partial charge in [0, 0.05) is 0 Å². The van der Waals surface area contributed by atoms with Gasteiger partial charge in [0.05, 0.1) is 11.5 Å². The number of hydrogen-bond donors (Lipinski definition) is 0. The molecule has 0 radical (unpaired) electrons. The zero-order chi connectivity index (χ0) is 13.8. The molecule has 0 heterocycles. The molecule has 0 N–H and O–H groups in total. The normalized spacial score (nSPS) is 13.1. The van der Waals surface area contributed by atoms with Crippen molar-refractivity contribution in [2.75, 3.05) is 6.61 Å². The van der Waals surface area contributed by atoms with Gasteiger partial charge in [0.15, 0.2) is 0 Å². The molecule has 18 heavy (non-hydrogen) atoms. The highest BCUT2D eigenvalue weighted by atomic mass is 32.2. The Morgan fingerprint density at radius 2 is 1.72 bits per heavy atom. The first-order chi connectivity index (χ1) is 8.21. The summed E-state index contributed by atoms with van der Waals surface area (Å²) in [6, 6.07) is 6.61. The van der Waals surface area contributed by atoms with Crippen LogP contribution in [0, 0.1) is 12.3 Å². The van der Waals surface area contributed by atoms with Crippen LogP contribution in [0.1, 0.15) is 26.3 Å². The third-order valence-electron chi connectivity index (χ3n) is 2.25. The average molecular weight is 268 g/mol. The lowest BCUT2D eigenvalue weighted by atomic mass is 9.97. The van der Waals surface area contributed by atoms with E-state index in [1.165, 1.54) is 0 Å². The predicted molar refractivity (Wildman–Crippen MR) is 72.9 cm³/mol. The zero-order valence-electron chi connectivity index (χ0n) is 11.3. The summed E-state index contributed by atoms with van der Waals surface area (Å²) in [7, 11) is -3.65. The van der Waals surface area contributed by atoms with Crippen LogP contribution < -0.4 is 0 Å². The summed E-state index contributed by atoms with van der Waals surface area (Å²) < 4.78 is 28.6. The van der Waals surface area contributed by atoms with Gasteiger partial charge in [-0.1, -0.05) is 50.6 Å². The van der Waals surface area contributed by atoms with E-state index in [9.17, 15) is 8.42 Å². The van der Waals surface area contributed by atoms with Crippen LogP contribution in [0.25, 0.3) is 0 Å². The van der Waals surface area contributed by atoms with Crippen molar-refractivity contribution in [3.8, 4) is 0 Å². The molecule has 4 heteroatoms. The summed E-state index contributed by atoms with van der Waals surface area (Å²) >= 11 is 0. The van der Waals surface area contributed by atoms with E-state index in [1.54, 1.807) is 30.3 Å². The molecule has 0 spiro atoms. The van der Waals surface area contributed by atoms with Gasteiger partial charge in [-0.3, -0.25) is 4.18 Å². The summed E-state index contributed by atoms with van der Waals surface area (Å²) in [4.78, 5) is 0.192. The Morgan fingerprint density at radius 1 is 1.17 bits per heavy atom. The van der Waals surface area contributed by atoms with E-state index in [-0.39, 0.29) is 16.9 Å². The second kappa shape index (κ2) is 5.67. The van der Waals surface area contributed by atoms with Crippen LogP contribution in [0.3, 0.4) is 0 Å². The van der Waals surface area contributed by atoms with Crippen molar-refractivity contribution >= 4 is 10.1 Å². The molecular formula is C14H20O3S. The van der Waals surface area contributed by atoms with Gasteiger partial charge in [0.25, 0.3) is 10.1 Å². The van der Waals surface area contributed by atoms with Crippen LogP contribution in [-0.4, -0.2) is 15.0 Å². The second-order valence-corrected chi connectivity index (χ2v) is 6.94. The minimum Gasteiger partial charge on any atom is -0.262 e. The van der Waals surface area contributed by atoms with Crippen LogP contribution in [0.15, 0.2) is 41.3 Å². The van der Waals surface area contributed by atoms with E-state index >= 15 is 0 Å². The van der Waals surface area contributed by atoms with Crippen molar-refractivity contribution in [2.45, 2.75) is 32.6 Å². The lowest BCUT2D eigenvalue weighted by Gasteiger charge is -2.11. The maximum atomic E-state index is 11.8. The molecular weight excluding hydrogens is 248 g/mol. The first kappa shape index (κ1) is 14.9. The van der Waals surface area contributed by atoms with Crippen molar-refractivity contribution in [2.24, 2.45) is 5.41 Å². The van der Waals surface area contributed by atoms with E-state index in [1.807, 2.05) is 33.8 Å². The van der Waals surface area contributed by atoms with Gasteiger partial charge in [-0.15, -0.1) is 0 Å². The topological polar surface area (TPSA) is 43.4 Å². The van der Waals surface area contributed by atoms with Crippen LogP contribution in [0.4, 0.5) is 0 Å². The molecule has 0 aliphatic carbocycles. The van der Waals surface area contributed by atoms with Gasteiger partial charge in [0.2, 0.25) is 0 Å². The molecule has 0 atom stereocenters. The third-order valence-corrected chi connectivity index (χ3v) is 3.54. The molecule has 1 aromatic carbocycles. The van der Waals surface area contributed by atoms with E-state index in [0.717, 1.165) is 5.56 Å². The van der Waals surface area contributed by atoms with Gasteiger partial charge >= 0.3 is 0 Å². The van der Waals surface area contributed by atoms with Gasteiger partial charge < -0.3 is 0 Å². The smallest absolute Gasteiger partial charge is 0.262 e. The molecule has 0 unspecified atom stereocenters. The van der Waals surface area contributed by atoms with E-state index in [0.29, 0.717) is 0 Å². The third kappa shape index (κ3) is 5.02. The van der Waals surface area contributed by atoms with Gasteiger partial charge in [-0.05, 0) is 24.5 Å².